The quantitative estimate of drug-likeness (QED) is 0.664. The molecule has 17 heavy (non-hydrogen) atoms. The Kier molecular flexibility index (Phi) is 4.41. The summed E-state index contributed by atoms with van der Waals surface area (Å²) in [6.45, 7) is 9.08. The molecule has 0 N–H and O–H groups in total. The molecule has 1 aliphatic heterocycles. The first-order valence-corrected chi connectivity index (χ1v) is 7.67. The van der Waals surface area contributed by atoms with Crippen molar-refractivity contribution >= 4 is 11.6 Å². The summed E-state index contributed by atoms with van der Waals surface area (Å²) in [7, 11) is 0. The zero-order chi connectivity index (χ0) is 12.5. The minimum Gasteiger partial charge on any atom is -0.381 e. The first-order chi connectivity index (χ1) is 8.01. The van der Waals surface area contributed by atoms with Crippen LogP contribution in [0.2, 0.25) is 0 Å². The number of halogens is 1. The van der Waals surface area contributed by atoms with E-state index in [-0.39, 0.29) is 0 Å². The molecule has 1 aliphatic carbocycles. The Bertz CT molecular complexity index is 245. The monoisotopic (exact) mass is 258 g/mol. The van der Waals surface area contributed by atoms with E-state index < -0.39 is 0 Å². The third-order valence-electron chi connectivity index (χ3n) is 5.20. The van der Waals surface area contributed by atoms with Crippen LogP contribution in [-0.4, -0.2) is 18.6 Å². The molecule has 1 saturated carbocycles. The fourth-order valence-electron chi connectivity index (χ4n) is 3.78. The van der Waals surface area contributed by atoms with E-state index in [1.54, 1.807) is 0 Å². The molecule has 2 rings (SSSR count). The van der Waals surface area contributed by atoms with E-state index in [2.05, 4.69) is 20.8 Å². The van der Waals surface area contributed by atoms with Crippen molar-refractivity contribution in [3.05, 3.63) is 0 Å². The molecule has 4 unspecified atom stereocenters. The summed E-state index contributed by atoms with van der Waals surface area (Å²) >= 11 is 6.64. The average Bonchev–Trinajstić information content (AvgIpc) is 2.29. The zero-order valence-electron chi connectivity index (χ0n) is 11.5. The minimum atomic E-state index is 0.340. The van der Waals surface area contributed by atoms with Crippen molar-refractivity contribution in [1.82, 2.24) is 0 Å². The summed E-state index contributed by atoms with van der Waals surface area (Å²) in [5.74, 6) is 2.19. The van der Waals surface area contributed by atoms with Crippen LogP contribution in [-0.2, 0) is 4.74 Å². The van der Waals surface area contributed by atoms with Crippen LogP contribution < -0.4 is 0 Å². The molecular formula is C15H27ClO. The Morgan fingerprint density at radius 3 is 2.53 bits per heavy atom. The van der Waals surface area contributed by atoms with Gasteiger partial charge in [0.1, 0.15) is 0 Å². The Hall–Kier alpha value is 0.250. The molecule has 2 fully saturated rings. The van der Waals surface area contributed by atoms with Crippen LogP contribution in [0.3, 0.4) is 0 Å². The Morgan fingerprint density at radius 1 is 1.18 bits per heavy atom. The molecule has 0 spiro atoms. The summed E-state index contributed by atoms with van der Waals surface area (Å²) in [6, 6.07) is 0. The third kappa shape index (κ3) is 2.98. The van der Waals surface area contributed by atoms with Crippen LogP contribution in [0.25, 0.3) is 0 Å². The van der Waals surface area contributed by atoms with E-state index in [4.69, 9.17) is 16.3 Å². The normalized spacial score (nSPS) is 40.2. The van der Waals surface area contributed by atoms with Gasteiger partial charge in [0.05, 0.1) is 0 Å². The van der Waals surface area contributed by atoms with Gasteiger partial charge in [-0.25, -0.2) is 0 Å². The first-order valence-electron chi connectivity index (χ1n) is 7.23. The predicted molar refractivity (Wildman–Crippen MR) is 73.5 cm³/mol. The van der Waals surface area contributed by atoms with Crippen LogP contribution >= 0.6 is 11.6 Å². The van der Waals surface area contributed by atoms with E-state index in [0.29, 0.717) is 22.6 Å². The molecule has 0 amide bonds. The maximum absolute atomic E-state index is 6.64. The van der Waals surface area contributed by atoms with Crippen LogP contribution in [0, 0.1) is 23.2 Å². The summed E-state index contributed by atoms with van der Waals surface area (Å²) in [5, 5.41) is 0.371. The molecule has 4 atom stereocenters. The summed E-state index contributed by atoms with van der Waals surface area (Å²) in [5.41, 5.74) is 0.340. The van der Waals surface area contributed by atoms with Gasteiger partial charge in [0.25, 0.3) is 0 Å². The van der Waals surface area contributed by atoms with Crippen molar-refractivity contribution in [3.63, 3.8) is 0 Å². The zero-order valence-corrected chi connectivity index (χ0v) is 12.3. The lowest BCUT2D eigenvalue weighted by atomic mass is 9.62. The van der Waals surface area contributed by atoms with E-state index in [0.717, 1.165) is 19.1 Å². The molecule has 2 aliphatic rings. The SMILES string of the molecule is CC1CCC(C(C)(C)C2CCCOC2)C(Cl)C1. The Morgan fingerprint density at radius 2 is 1.94 bits per heavy atom. The second-order valence-electron chi connectivity index (χ2n) is 6.78. The van der Waals surface area contributed by atoms with Gasteiger partial charge in [-0.3, -0.25) is 0 Å². The topological polar surface area (TPSA) is 9.23 Å². The molecule has 0 aromatic carbocycles. The highest BCUT2D eigenvalue weighted by Gasteiger charge is 2.43. The first kappa shape index (κ1) is 13.7. The van der Waals surface area contributed by atoms with Crippen molar-refractivity contribution in [3.8, 4) is 0 Å². The highest BCUT2D eigenvalue weighted by atomic mass is 35.5. The van der Waals surface area contributed by atoms with Crippen LogP contribution in [0.15, 0.2) is 0 Å². The maximum atomic E-state index is 6.64. The van der Waals surface area contributed by atoms with Gasteiger partial charge >= 0.3 is 0 Å². The predicted octanol–water partition coefficient (Wildman–Crippen LogP) is 4.48. The van der Waals surface area contributed by atoms with Crippen LogP contribution in [0.1, 0.15) is 52.9 Å². The molecule has 2 heteroatoms. The molecule has 0 aromatic rings. The molecule has 0 aromatic heterocycles. The number of hydrogen-bond acceptors (Lipinski definition) is 1. The second-order valence-corrected chi connectivity index (χ2v) is 7.34. The summed E-state index contributed by atoms with van der Waals surface area (Å²) in [6.07, 6.45) is 6.40. The lowest BCUT2D eigenvalue weighted by Crippen LogP contribution is -2.43. The summed E-state index contributed by atoms with van der Waals surface area (Å²) < 4.78 is 5.67. The fraction of sp³-hybridized carbons (Fsp3) is 1.00. The van der Waals surface area contributed by atoms with Crippen molar-refractivity contribution in [2.24, 2.45) is 23.2 Å². The van der Waals surface area contributed by atoms with E-state index in [1.807, 2.05) is 0 Å². The number of alkyl halides is 1. The number of hydrogen-bond donors (Lipinski definition) is 0. The van der Waals surface area contributed by atoms with Gasteiger partial charge in [0.2, 0.25) is 0 Å². The van der Waals surface area contributed by atoms with Gasteiger partial charge in [0, 0.05) is 18.6 Å². The van der Waals surface area contributed by atoms with E-state index in [1.165, 1.54) is 32.1 Å². The highest BCUT2D eigenvalue weighted by molar-refractivity contribution is 6.20. The third-order valence-corrected chi connectivity index (χ3v) is 5.69. The van der Waals surface area contributed by atoms with Gasteiger partial charge in [-0.05, 0) is 48.9 Å². The fourth-order valence-corrected chi connectivity index (χ4v) is 4.53. The standard InChI is InChI=1S/C15H27ClO/c1-11-6-7-13(14(16)9-11)15(2,3)12-5-4-8-17-10-12/h11-14H,4-10H2,1-3H3. The lowest BCUT2D eigenvalue weighted by molar-refractivity contribution is -0.0293. The molecule has 1 nitrogen and oxygen atoms in total. The molecular weight excluding hydrogens is 232 g/mol. The van der Waals surface area contributed by atoms with E-state index in [9.17, 15) is 0 Å². The smallest absolute Gasteiger partial charge is 0.0499 e. The van der Waals surface area contributed by atoms with Crippen molar-refractivity contribution in [1.29, 1.82) is 0 Å². The van der Waals surface area contributed by atoms with Gasteiger partial charge < -0.3 is 4.74 Å². The molecule has 1 saturated heterocycles. The van der Waals surface area contributed by atoms with Gasteiger partial charge in [0.15, 0.2) is 0 Å². The van der Waals surface area contributed by atoms with Crippen molar-refractivity contribution < 1.29 is 4.74 Å². The van der Waals surface area contributed by atoms with Gasteiger partial charge in [-0.15, -0.1) is 11.6 Å². The van der Waals surface area contributed by atoms with Crippen LogP contribution in [0.4, 0.5) is 0 Å². The summed E-state index contributed by atoms with van der Waals surface area (Å²) in [4.78, 5) is 0. The number of ether oxygens (including phenoxy) is 1. The van der Waals surface area contributed by atoms with Crippen LogP contribution in [0.5, 0.6) is 0 Å². The maximum Gasteiger partial charge on any atom is 0.0499 e. The van der Waals surface area contributed by atoms with Gasteiger partial charge in [-0.1, -0.05) is 27.2 Å². The molecule has 100 valence electrons. The largest absolute Gasteiger partial charge is 0.381 e. The Balaban J connectivity index is 2.02. The average molecular weight is 259 g/mol. The minimum absolute atomic E-state index is 0.340. The molecule has 0 radical (unpaired) electrons. The lowest BCUT2D eigenvalue weighted by Gasteiger charge is -2.47. The van der Waals surface area contributed by atoms with Gasteiger partial charge in [-0.2, -0.15) is 0 Å². The molecule has 0 bridgehead atoms. The van der Waals surface area contributed by atoms with Crippen molar-refractivity contribution in [2.75, 3.05) is 13.2 Å². The van der Waals surface area contributed by atoms with Crippen molar-refractivity contribution in [2.45, 2.75) is 58.3 Å². The van der Waals surface area contributed by atoms with E-state index >= 15 is 0 Å². The number of rotatable bonds is 2. The Labute approximate surface area is 111 Å². The molecule has 1 heterocycles. The highest BCUT2D eigenvalue weighted by Crippen LogP contribution is 2.48. The second kappa shape index (κ2) is 5.48.